The lowest BCUT2D eigenvalue weighted by Gasteiger charge is -2.11. The van der Waals surface area contributed by atoms with Crippen molar-refractivity contribution >= 4 is 11.6 Å². The summed E-state index contributed by atoms with van der Waals surface area (Å²) in [5.74, 6) is 0.838. The molecule has 0 radical (unpaired) electrons. The number of ether oxygens (including phenoxy) is 1. The summed E-state index contributed by atoms with van der Waals surface area (Å²) < 4.78 is 5.55. The van der Waals surface area contributed by atoms with Crippen molar-refractivity contribution in [3.63, 3.8) is 0 Å². The molecule has 4 heteroatoms. The van der Waals surface area contributed by atoms with Crippen molar-refractivity contribution in [3.8, 4) is 5.75 Å². The Kier molecular flexibility index (Phi) is 3.29. The Labute approximate surface area is 117 Å². The van der Waals surface area contributed by atoms with Crippen LogP contribution < -0.4 is 15.8 Å². The van der Waals surface area contributed by atoms with Gasteiger partial charge in [0.2, 0.25) is 5.91 Å². The highest BCUT2D eigenvalue weighted by atomic mass is 16.5. The van der Waals surface area contributed by atoms with Gasteiger partial charge in [0, 0.05) is 11.3 Å². The average molecular weight is 268 g/mol. The molecular weight excluding hydrogens is 252 g/mol. The molecule has 1 aliphatic rings. The van der Waals surface area contributed by atoms with Gasteiger partial charge in [0.05, 0.1) is 12.5 Å². The number of amides is 1. The van der Waals surface area contributed by atoms with Gasteiger partial charge < -0.3 is 15.8 Å². The molecule has 0 saturated heterocycles. The second-order valence-corrected chi connectivity index (χ2v) is 4.89. The number of carbonyl (C=O) groups excluding carboxylic acids is 1. The van der Waals surface area contributed by atoms with E-state index in [1.165, 1.54) is 0 Å². The molecule has 1 amide bonds. The summed E-state index contributed by atoms with van der Waals surface area (Å²) in [7, 11) is 0. The molecule has 0 bridgehead atoms. The van der Waals surface area contributed by atoms with Crippen LogP contribution in [0.3, 0.4) is 0 Å². The molecule has 1 unspecified atom stereocenters. The van der Waals surface area contributed by atoms with Crippen molar-refractivity contribution in [1.29, 1.82) is 0 Å². The molecule has 0 fully saturated rings. The fraction of sp³-hybridized carbons (Fsp3) is 0.188. The first-order chi connectivity index (χ1) is 9.72. The quantitative estimate of drug-likeness (QED) is 0.837. The largest absolute Gasteiger partial charge is 0.491 e. The average Bonchev–Trinajstić information content (AvgIpc) is 2.85. The Hall–Kier alpha value is -2.49. The summed E-state index contributed by atoms with van der Waals surface area (Å²) >= 11 is 0. The SMILES string of the molecule is Nc1ccc(CC(=O)NC2COc3ccccc32)cc1. The number of nitrogens with two attached hydrogens (primary N) is 1. The number of rotatable bonds is 3. The molecule has 2 aromatic carbocycles. The molecule has 0 saturated carbocycles. The molecule has 3 rings (SSSR count). The van der Waals surface area contributed by atoms with Gasteiger partial charge in [-0.1, -0.05) is 30.3 Å². The van der Waals surface area contributed by atoms with Crippen LogP contribution in [0.5, 0.6) is 5.75 Å². The molecule has 0 aromatic heterocycles. The topological polar surface area (TPSA) is 64.4 Å². The number of nitrogen functional groups attached to an aromatic ring is 1. The number of benzene rings is 2. The number of fused-ring (bicyclic) bond motifs is 1. The summed E-state index contributed by atoms with van der Waals surface area (Å²) in [6.07, 6.45) is 0.346. The van der Waals surface area contributed by atoms with Crippen LogP contribution in [0.15, 0.2) is 48.5 Å². The van der Waals surface area contributed by atoms with Crippen LogP contribution in [-0.4, -0.2) is 12.5 Å². The molecule has 20 heavy (non-hydrogen) atoms. The van der Waals surface area contributed by atoms with Gasteiger partial charge in [-0.3, -0.25) is 4.79 Å². The van der Waals surface area contributed by atoms with Gasteiger partial charge >= 0.3 is 0 Å². The normalized spacial score (nSPS) is 16.3. The van der Waals surface area contributed by atoms with E-state index >= 15 is 0 Å². The highest BCUT2D eigenvalue weighted by Crippen LogP contribution is 2.31. The zero-order valence-electron chi connectivity index (χ0n) is 11.0. The van der Waals surface area contributed by atoms with Crippen LogP contribution in [0.1, 0.15) is 17.2 Å². The van der Waals surface area contributed by atoms with Gasteiger partial charge in [-0.05, 0) is 23.8 Å². The third kappa shape index (κ3) is 2.59. The summed E-state index contributed by atoms with van der Waals surface area (Å²) in [4.78, 5) is 12.1. The molecule has 0 aliphatic carbocycles. The zero-order chi connectivity index (χ0) is 13.9. The van der Waals surface area contributed by atoms with E-state index in [9.17, 15) is 4.79 Å². The van der Waals surface area contributed by atoms with Gasteiger partial charge in [-0.2, -0.15) is 0 Å². The molecular formula is C16H16N2O2. The predicted molar refractivity (Wildman–Crippen MR) is 77.4 cm³/mol. The summed E-state index contributed by atoms with van der Waals surface area (Å²) in [5, 5.41) is 3.00. The van der Waals surface area contributed by atoms with Gasteiger partial charge in [-0.15, -0.1) is 0 Å². The minimum absolute atomic E-state index is 0.0138. The van der Waals surface area contributed by atoms with E-state index < -0.39 is 0 Å². The molecule has 2 aromatic rings. The van der Waals surface area contributed by atoms with Crippen molar-refractivity contribution < 1.29 is 9.53 Å². The summed E-state index contributed by atoms with van der Waals surface area (Å²) in [6.45, 7) is 0.493. The van der Waals surface area contributed by atoms with Crippen molar-refractivity contribution in [1.82, 2.24) is 5.32 Å². The van der Waals surface area contributed by atoms with Crippen LogP contribution in [0.25, 0.3) is 0 Å². The number of hydrogen-bond donors (Lipinski definition) is 2. The van der Waals surface area contributed by atoms with E-state index in [0.29, 0.717) is 18.7 Å². The molecule has 1 aliphatic heterocycles. The molecule has 3 N–H and O–H groups in total. The van der Waals surface area contributed by atoms with Crippen molar-refractivity contribution in [3.05, 3.63) is 59.7 Å². The van der Waals surface area contributed by atoms with Crippen LogP contribution >= 0.6 is 0 Å². The van der Waals surface area contributed by atoms with Crippen LogP contribution in [0, 0.1) is 0 Å². The molecule has 4 nitrogen and oxygen atoms in total. The Morgan fingerprint density at radius 3 is 2.75 bits per heavy atom. The van der Waals surface area contributed by atoms with Crippen molar-refractivity contribution in [2.24, 2.45) is 0 Å². The van der Waals surface area contributed by atoms with Gasteiger partial charge in [-0.25, -0.2) is 0 Å². The Morgan fingerprint density at radius 2 is 1.95 bits per heavy atom. The second-order valence-electron chi connectivity index (χ2n) is 4.89. The first-order valence-corrected chi connectivity index (χ1v) is 6.58. The Bertz CT molecular complexity index is 623. The fourth-order valence-electron chi connectivity index (χ4n) is 2.35. The summed E-state index contributed by atoms with van der Waals surface area (Å²) in [6, 6.07) is 15.1. The predicted octanol–water partition coefficient (Wildman–Crippen LogP) is 2.06. The van der Waals surface area contributed by atoms with E-state index in [1.54, 1.807) is 12.1 Å². The third-order valence-corrected chi connectivity index (χ3v) is 3.38. The standard InChI is InChI=1S/C16H16N2O2/c17-12-7-5-11(6-8-12)9-16(19)18-14-10-20-15-4-2-1-3-13(14)15/h1-8,14H,9-10,17H2,(H,18,19). The number of nitrogens with one attached hydrogen (secondary N) is 1. The zero-order valence-corrected chi connectivity index (χ0v) is 11.0. The number of carbonyl (C=O) groups is 1. The van der Waals surface area contributed by atoms with E-state index in [4.69, 9.17) is 10.5 Å². The smallest absolute Gasteiger partial charge is 0.225 e. The van der Waals surface area contributed by atoms with E-state index in [2.05, 4.69) is 5.32 Å². The minimum atomic E-state index is -0.0625. The number of hydrogen-bond acceptors (Lipinski definition) is 3. The number of para-hydroxylation sites is 1. The fourth-order valence-corrected chi connectivity index (χ4v) is 2.35. The lowest BCUT2D eigenvalue weighted by molar-refractivity contribution is -0.121. The molecule has 1 atom stereocenters. The Morgan fingerprint density at radius 1 is 1.20 bits per heavy atom. The first kappa shape index (κ1) is 12.5. The van der Waals surface area contributed by atoms with Gasteiger partial charge in [0.1, 0.15) is 12.4 Å². The number of anilines is 1. The first-order valence-electron chi connectivity index (χ1n) is 6.58. The maximum atomic E-state index is 12.1. The maximum Gasteiger partial charge on any atom is 0.225 e. The maximum absolute atomic E-state index is 12.1. The molecule has 102 valence electrons. The van der Waals surface area contributed by atoms with Crippen LogP contribution in [-0.2, 0) is 11.2 Å². The van der Waals surface area contributed by atoms with E-state index in [1.807, 2.05) is 36.4 Å². The van der Waals surface area contributed by atoms with E-state index in [0.717, 1.165) is 16.9 Å². The van der Waals surface area contributed by atoms with Crippen LogP contribution in [0.2, 0.25) is 0 Å². The summed E-state index contributed by atoms with van der Waals surface area (Å²) in [5.41, 5.74) is 8.31. The monoisotopic (exact) mass is 268 g/mol. The lowest BCUT2D eigenvalue weighted by Crippen LogP contribution is -2.30. The minimum Gasteiger partial charge on any atom is -0.491 e. The molecule has 1 heterocycles. The van der Waals surface area contributed by atoms with Crippen LogP contribution in [0.4, 0.5) is 5.69 Å². The van der Waals surface area contributed by atoms with Gasteiger partial charge in [0.15, 0.2) is 0 Å². The van der Waals surface area contributed by atoms with Crippen molar-refractivity contribution in [2.75, 3.05) is 12.3 Å². The Balaban J connectivity index is 1.64. The second kappa shape index (κ2) is 5.25. The highest BCUT2D eigenvalue weighted by Gasteiger charge is 2.24. The molecule has 0 spiro atoms. The highest BCUT2D eigenvalue weighted by molar-refractivity contribution is 5.79. The van der Waals surface area contributed by atoms with E-state index in [-0.39, 0.29) is 11.9 Å². The van der Waals surface area contributed by atoms with Crippen molar-refractivity contribution in [2.45, 2.75) is 12.5 Å². The third-order valence-electron chi connectivity index (χ3n) is 3.38. The van der Waals surface area contributed by atoms with Gasteiger partial charge in [0.25, 0.3) is 0 Å². The lowest BCUT2D eigenvalue weighted by atomic mass is 10.1.